The molecular weight excluding hydrogens is 268 g/mol. The van der Waals surface area contributed by atoms with E-state index in [1.165, 1.54) is 0 Å². The van der Waals surface area contributed by atoms with E-state index in [0.29, 0.717) is 6.04 Å². The van der Waals surface area contributed by atoms with Crippen LogP contribution in [0.4, 0.5) is 11.6 Å². The maximum atomic E-state index is 4.70. The minimum atomic E-state index is 0.461. The number of aromatic nitrogens is 2. The summed E-state index contributed by atoms with van der Waals surface area (Å²) in [4.78, 5) is 9.33. The van der Waals surface area contributed by atoms with E-state index in [1.54, 1.807) is 0 Å². The van der Waals surface area contributed by atoms with E-state index in [-0.39, 0.29) is 0 Å². The first-order valence-corrected chi connectivity index (χ1v) is 8.92. The van der Waals surface area contributed by atoms with Gasteiger partial charge in [0.05, 0.1) is 0 Å². The van der Waals surface area contributed by atoms with Crippen molar-refractivity contribution >= 4 is 23.4 Å². The average molecular weight is 296 g/mol. The highest BCUT2D eigenvalue weighted by Gasteiger charge is 2.13. The molecule has 20 heavy (non-hydrogen) atoms. The molecule has 0 amide bonds. The Morgan fingerprint density at radius 3 is 2.40 bits per heavy atom. The van der Waals surface area contributed by atoms with Crippen molar-refractivity contribution in [1.82, 2.24) is 9.97 Å². The van der Waals surface area contributed by atoms with Crippen molar-refractivity contribution in [1.29, 1.82) is 0 Å². The highest BCUT2D eigenvalue weighted by Crippen LogP contribution is 2.22. The summed E-state index contributed by atoms with van der Waals surface area (Å²) in [6, 6.07) is 0.461. The lowest BCUT2D eigenvalue weighted by molar-refractivity contribution is 0.759. The fraction of sp³-hybridized carbons (Fsp3) is 0.733. The molecule has 0 aliphatic rings. The molecule has 0 aliphatic carbocycles. The van der Waals surface area contributed by atoms with Gasteiger partial charge in [-0.05, 0) is 32.9 Å². The molecule has 1 unspecified atom stereocenters. The molecule has 0 aliphatic heterocycles. The number of thioether (sulfide) groups is 1. The van der Waals surface area contributed by atoms with E-state index >= 15 is 0 Å². The minimum absolute atomic E-state index is 0.461. The van der Waals surface area contributed by atoms with Gasteiger partial charge in [0.25, 0.3) is 0 Å². The van der Waals surface area contributed by atoms with Gasteiger partial charge in [0.1, 0.15) is 17.5 Å². The van der Waals surface area contributed by atoms with Crippen molar-refractivity contribution in [3.8, 4) is 0 Å². The van der Waals surface area contributed by atoms with Gasteiger partial charge in [-0.2, -0.15) is 11.8 Å². The van der Waals surface area contributed by atoms with Crippen LogP contribution < -0.4 is 10.6 Å². The first-order chi connectivity index (χ1) is 9.65. The summed E-state index contributed by atoms with van der Waals surface area (Å²) in [5, 5.41) is 6.93. The van der Waals surface area contributed by atoms with Gasteiger partial charge in [-0.25, -0.2) is 9.97 Å². The number of rotatable bonds is 9. The zero-order valence-electron chi connectivity index (χ0n) is 13.4. The summed E-state index contributed by atoms with van der Waals surface area (Å²) < 4.78 is 0. The first-order valence-electron chi connectivity index (χ1n) is 7.52. The van der Waals surface area contributed by atoms with Crippen molar-refractivity contribution in [3.05, 3.63) is 11.4 Å². The second-order valence-electron chi connectivity index (χ2n) is 4.95. The van der Waals surface area contributed by atoms with Crippen LogP contribution in [0.15, 0.2) is 0 Å². The van der Waals surface area contributed by atoms with E-state index < -0.39 is 0 Å². The maximum absolute atomic E-state index is 4.70. The summed E-state index contributed by atoms with van der Waals surface area (Å²) in [6.07, 6.45) is 5.23. The van der Waals surface area contributed by atoms with Crippen molar-refractivity contribution in [2.45, 2.75) is 53.0 Å². The quantitative estimate of drug-likeness (QED) is 0.727. The summed E-state index contributed by atoms with van der Waals surface area (Å²) in [7, 11) is 0. The Hall–Kier alpha value is -0.970. The van der Waals surface area contributed by atoms with Gasteiger partial charge in [-0.3, -0.25) is 0 Å². The standard InChI is InChI=1S/C15H28N4S/c1-6-9-13-18-14(16-8-3)11(4)15(19-13)17-12(7-2)10-20-5/h12H,6-10H2,1-5H3,(H2,16,17,18,19). The molecule has 1 rings (SSSR count). The Labute approximate surface area is 127 Å². The van der Waals surface area contributed by atoms with Gasteiger partial charge in [0, 0.05) is 30.3 Å². The molecule has 1 heterocycles. The highest BCUT2D eigenvalue weighted by molar-refractivity contribution is 7.98. The van der Waals surface area contributed by atoms with Gasteiger partial charge in [0.15, 0.2) is 0 Å². The van der Waals surface area contributed by atoms with Crippen LogP contribution in [0, 0.1) is 6.92 Å². The third-order valence-electron chi connectivity index (χ3n) is 3.21. The van der Waals surface area contributed by atoms with E-state index in [1.807, 2.05) is 11.8 Å². The van der Waals surface area contributed by atoms with Gasteiger partial charge in [-0.1, -0.05) is 13.8 Å². The van der Waals surface area contributed by atoms with Crippen LogP contribution in [0.2, 0.25) is 0 Å². The van der Waals surface area contributed by atoms with Gasteiger partial charge >= 0.3 is 0 Å². The topological polar surface area (TPSA) is 49.8 Å². The number of nitrogens with one attached hydrogen (secondary N) is 2. The van der Waals surface area contributed by atoms with Crippen molar-refractivity contribution < 1.29 is 0 Å². The first kappa shape index (κ1) is 17.1. The van der Waals surface area contributed by atoms with Crippen molar-refractivity contribution in [2.24, 2.45) is 0 Å². The molecule has 0 saturated carbocycles. The fourth-order valence-electron chi connectivity index (χ4n) is 2.03. The Bertz CT molecular complexity index is 409. The average Bonchev–Trinajstić information content (AvgIpc) is 2.43. The van der Waals surface area contributed by atoms with Gasteiger partial charge in [-0.15, -0.1) is 0 Å². The minimum Gasteiger partial charge on any atom is -0.370 e. The third-order valence-corrected chi connectivity index (χ3v) is 3.95. The molecule has 0 bridgehead atoms. The van der Waals surface area contributed by atoms with Gasteiger partial charge < -0.3 is 10.6 Å². The molecular formula is C15H28N4S. The lowest BCUT2D eigenvalue weighted by Crippen LogP contribution is -2.23. The summed E-state index contributed by atoms with van der Waals surface area (Å²) in [5.41, 5.74) is 1.12. The Balaban J connectivity index is 3.02. The number of hydrogen-bond donors (Lipinski definition) is 2. The van der Waals surface area contributed by atoms with Gasteiger partial charge in [0.2, 0.25) is 0 Å². The van der Waals surface area contributed by atoms with Crippen LogP contribution >= 0.6 is 11.8 Å². The molecule has 114 valence electrons. The van der Waals surface area contributed by atoms with Crippen LogP contribution in [-0.2, 0) is 6.42 Å². The number of anilines is 2. The maximum Gasteiger partial charge on any atom is 0.135 e. The van der Waals surface area contributed by atoms with Crippen LogP contribution in [0.3, 0.4) is 0 Å². The SMILES string of the molecule is CCCc1nc(NCC)c(C)c(NC(CC)CSC)n1. The Kier molecular flexibility index (Phi) is 7.73. The summed E-state index contributed by atoms with van der Waals surface area (Å²) in [6.45, 7) is 9.43. The van der Waals surface area contributed by atoms with Crippen molar-refractivity contribution in [3.63, 3.8) is 0 Å². The van der Waals surface area contributed by atoms with Crippen LogP contribution in [0.5, 0.6) is 0 Å². The molecule has 0 fully saturated rings. The van der Waals surface area contributed by atoms with E-state index in [9.17, 15) is 0 Å². The second kappa shape index (κ2) is 9.06. The second-order valence-corrected chi connectivity index (χ2v) is 5.86. The molecule has 4 nitrogen and oxygen atoms in total. The van der Waals surface area contributed by atoms with Crippen LogP contribution in [-0.4, -0.2) is 34.6 Å². The number of hydrogen-bond acceptors (Lipinski definition) is 5. The van der Waals surface area contributed by atoms with Crippen LogP contribution in [0.1, 0.15) is 45.0 Å². The smallest absolute Gasteiger partial charge is 0.135 e. The zero-order chi connectivity index (χ0) is 15.0. The fourth-order valence-corrected chi connectivity index (χ4v) is 2.76. The molecule has 0 saturated heterocycles. The largest absolute Gasteiger partial charge is 0.370 e. The van der Waals surface area contributed by atoms with E-state index in [0.717, 1.165) is 54.6 Å². The molecule has 0 aromatic carbocycles. The molecule has 5 heteroatoms. The highest BCUT2D eigenvalue weighted by atomic mass is 32.2. The monoisotopic (exact) mass is 296 g/mol. The normalized spacial score (nSPS) is 12.2. The predicted octanol–water partition coefficient (Wildman–Crippen LogP) is 3.72. The van der Waals surface area contributed by atoms with Crippen LogP contribution in [0.25, 0.3) is 0 Å². The Morgan fingerprint density at radius 2 is 1.85 bits per heavy atom. The molecule has 2 N–H and O–H groups in total. The molecule has 1 atom stereocenters. The molecule has 1 aromatic heterocycles. The summed E-state index contributed by atoms with van der Waals surface area (Å²) in [5.74, 6) is 3.97. The molecule has 0 radical (unpaired) electrons. The zero-order valence-corrected chi connectivity index (χ0v) is 14.2. The van der Waals surface area contributed by atoms with E-state index in [4.69, 9.17) is 4.98 Å². The summed E-state index contributed by atoms with van der Waals surface area (Å²) >= 11 is 1.87. The number of aryl methyl sites for hydroxylation is 1. The molecule has 1 aromatic rings. The van der Waals surface area contributed by atoms with Crippen molar-refractivity contribution in [2.75, 3.05) is 29.2 Å². The Morgan fingerprint density at radius 1 is 1.15 bits per heavy atom. The predicted molar refractivity (Wildman–Crippen MR) is 91.0 cm³/mol. The lowest BCUT2D eigenvalue weighted by Gasteiger charge is -2.20. The third kappa shape index (κ3) is 4.85. The van der Waals surface area contributed by atoms with E-state index in [2.05, 4.69) is 49.6 Å². The lowest BCUT2D eigenvalue weighted by atomic mass is 10.2. The number of nitrogens with zero attached hydrogens (tertiary/aromatic N) is 2. The molecule has 0 spiro atoms.